The van der Waals surface area contributed by atoms with Crippen molar-refractivity contribution < 1.29 is 9.59 Å². The highest BCUT2D eigenvalue weighted by atomic mass is 16.2. The molecule has 2 amide bonds. The predicted molar refractivity (Wildman–Crippen MR) is 136 cm³/mol. The van der Waals surface area contributed by atoms with Crippen molar-refractivity contribution in [2.75, 3.05) is 17.6 Å². The summed E-state index contributed by atoms with van der Waals surface area (Å²) < 4.78 is 0. The average Bonchev–Trinajstić information content (AvgIpc) is 2.80. The molecule has 1 aliphatic rings. The Morgan fingerprint density at radius 1 is 1.03 bits per heavy atom. The van der Waals surface area contributed by atoms with Crippen LogP contribution in [0.3, 0.4) is 0 Å². The number of rotatable bonds is 9. The molecule has 1 aliphatic carbocycles. The van der Waals surface area contributed by atoms with Gasteiger partial charge in [-0.1, -0.05) is 55.7 Å². The molecular formula is C27H36N4O2. The van der Waals surface area contributed by atoms with Gasteiger partial charge in [-0.05, 0) is 68.5 Å². The zero-order chi connectivity index (χ0) is 23.6. The van der Waals surface area contributed by atoms with Crippen LogP contribution in [0.5, 0.6) is 0 Å². The van der Waals surface area contributed by atoms with Crippen LogP contribution < -0.4 is 21.7 Å². The largest absolute Gasteiger partial charge is 0.397 e. The molecule has 1 saturated carbocycles. The van der Waals surface area contributed by atoms with Crippen molar-refractivity contribution >= 4 is 29.3 Å². The lowest BCUT2D eigenvalue weighted by Gasteiger charge is -2.26. The highest BCUT2D eigenvalue weighted by Gasteiger charge is 2.23. The van der Waals surface area contributed by atoms with E-state index >= 15 is 0 Å². The second kappa shape index (κ2) is 12.2. The van der Waals surface area contributed by atoms with E-state index in [1.165, 1.54) is 38.2 Å². The zero-order valence-corrected chi connectivity index (χ0v) is 19.6. The van der Waals surface area contributed by atoms with Crippen molar-refractivity contribution in [2.24, 2.45) is 5.92 Å². The highest BCUT2D eigenvalue weighted by molar-refractivity contribution is 6.03. The van der Waals surface area contributed by atoms with E-state index in [1.54, 1.807) is 18.2 Å². The Morgan fingerprint density at radius 2 is 1.73 bits per heavy atom. The standard InChI is InChI=1S/C27H36N4O2/c1-19(2)30-27(33)26(29-18-21-8-4-3-5-9-21)22-15-12-20(13-16-22)14-17-25(32)31-24-11-7-6-10-23(24)28/h6-7,10-17,19,21,26,29H,3-5,8-9,18,28H2,1-2H3,(H,30,33)(H,31,32). The molecule has 1 atom stereocenters. The Morgan fingerprint density at radius 3 is 2.39 bits per heavy atom. The average molecular weight is 449 g/mol. The first kappa shape index (κ1) is 24.5. The molecule has 1 fully saturated rings. The number of hydrogen-bond donors (Lipinski definition) is 4. The number of amides is 2. The van der Waals surface area contributed by atoms with E-state index in [0.29, 0.717) is 17.3 Å². The predicted octanol–water partition coefficient (Wildman–Crippen LogP) is 4.66. The van der Waals surface area contributed by atoms with Gasteiger partial charge in [0.15, 0.2) is 0 Å². The van der Waals surface area contributed by atoms with E-state index in [9.17, 15) is 9.59 Å². The van der Waals surface area contributed by atoms with Crippen molar-refractivity contribution in [2.45, 2.75) is 58.0 Å². The first-order chi connectivity index (χ1) is 15.9. The smallest absolute Gasteiger partial charge is 0.248 e. The van der Waals surface area contributed by atoms with Crippen LogP contribution in [0.2, 0.25) is 0 Å². The van der Waals surface area contributed by atoms with Gasteiger partial charge in [-0.25, -0.2) is 0 Å². The number of carbonyl (C=O) groups is 2. The third kappa shape index (κ3) is 7.75. The van der Waals surface area contributed by atoms with Crippen molar-refractivity contribution in [1.29, 1.82) is 0 Å². The van der Waals surface area contributed by atoms with Crippen LogP contribution in [-0.4, -0.2) is 24.4 Å². The SMILES string of the molecule is CC(C)NC(=O)C(NCC1CCCCC1)c1ccc(C=CC(=O)Nc2ccccc2N)cc1. The fourth-order valence-electron chi connectivity index (χ4n) is 4.16. The molecule has 33 heavy (non-hydrogen) atoms. The molecule has 6 heteroatoms. The molecule has 0 aromatic heterocycles. The molecule has 0 heterocycles. The van der Waals surface area contributed by atoms with Gasteiger partial charge in [-0.3, -0.25) is 9.59 Å². The van der Waals surface area contributed by atoms with Gasteiger partial charge in [0, 0.05) is 12.1 Å². The molecule has 6 nitrogen and oxygen atoms in total. The first-order valence-electron chi connectivity index (χ1n) is 11.9. The van der Waals surface area contributed by atoms with Gasteiger partial charge in [0.1, 0.15) is 6.04 Å². The number of nitrogen functional groups attached to an aromatic ring is 1. The molecular weight excluding hydrogens is 412 g/mol. The Kier molecular flexibility index (Phi) is 9.07. The third-order valence-corrected chi connectivity index (χ3v) is 5.94. The van der Waals surface area contributed by atoms with Crippen LogP contribution in [0.1, 0.15) is 63.1 Å². The molecule has 176 valence electrons. The van der Waals surface area contributed by atoms with Crippen LogP contribution in [0.15, 0.2) is 54.6 Å². The van der Waals surface area contributed by atoms with E-state index in [-0.39, 0.29) is 17.9 Å². The van der Waals surface area contributed by atoms with E-state index in [4.69, 9.17) is 5.73 Å². The van der Waals surface area contributed by atoms with E-state index < -0.39 is 6.04 Å². The third-order valence-electron chi connectivity index (χ3n) is 5.94. The minimum Gasteiger partial charge on any atom is -0.397 e. The Labute approximate surface area is 197 Å². The van der Waals surface area contributed by atoms with Crippen LogP contribution in [-0.2, 0) is 9.59 Å². The van der Waals surface area contributed by atoms with Crippen molar-refractivity contribution in [3.63, 3.8) is 0 Å². The zero-order valence-electron chi connectivity index (χ0n) is 19.6. The van der Waals surface area contributed by atoms with Gasteiger partial charge in [0.25, 0.3) is 0 Å². The molecule has 2 aromatic carbocycles. The van der Waals surface area contributed by atoms with Gasteiger partial charge in [0.05, 0.1) is 11.4 Å². The lowest BCUT2D eigenvalue weighted by atomic mass is 9.89. The lowest BCUT2D eigenvalue weighted by molar-refractivity contribution is -0.123. The number of nitrogens with two attached hydrogens (primary N) is 1. The Hall–Kier alpha value is -3.12. The summed E-state index contributed by atoms with van der Waals surface area (Å²) in [5.74, 6) is 0.372. The fraction of sp³-hybridized carbons (Fsp3) is 0.407. The number of anilines is 2. The summed E-state index contributed by atoms with van der Waals surface area (Å²) in [7, 11) is 0. The molecule has 0 saturated heterocycles. The summed E-state index contributed by atoms with van der Waals surface area (Å²) in [5.41, 5.74) is 8.78. The summed E-state index contributed by atoms with van der Waals surface area (Å²) >= 11 is 0. The van der Waals surface area contributed by atoms with Crippen LogP contribution >= 0.6 is 0 Å². The topological polar surface area (TPSA) is 96.2 Å². The number of nitrogens with one attached hydrogen (secondary N) is 3. The number of hydrogen-bond acceptors (Lipinski definition) is 4. The molecule has 3 rings (SSSR count). The van der Waals surface area contributed by atoms with E-state index in [2.05, 4.69) is 16.0 Å². The maximum absolute atomic E-state index is 12.9. The summed E-state index contributed by atoms with van der Waals surface area (Å²) in [5, 5.41) is 9.32. The Bertz CT molecular complexity index is 947. The minimum absolute atomic E-state index is 0.0103. The van der Waals surface area contributed by atoms with Crippen molar-refractivity contribution in [3.8, 4) is 0 Å². The fourth-order valence-corrected chi connectivity index (χ4v) is 4.16. The summed E-state index contributed by atoms with van der Waals surface area (Å²) in [6.45, 7) is 4.79. The molecule has 5 N–H and O–H groups in total. The maximum atomic E-state index is 12.9. The van der Waals surface area contributed by atoms with Crippen LogP contribution in [0.25, 0.3) is 6.08 Å². The molecule has 0 aliphatic heterocycles. The number of carbonyl (C=O) groups excluding carboxylic acids is 2. The van der Waals surface area contributed by atoms with Crippen molar-refractivity contribution in [3.05, 3.63) is 65.7 Å². The molecule has 0 spiro atoms. The molecule has 2 aromatic rings. The van der Waals surface area contributed by atoms with Gasteiger partial charge < -0.3 is 21.7 Å². The van der Waals surface area contributed by atoms with Gasteiger partial charge >= 0.3 is 0 Å². The quantitative estimate of drug-likeness (QED) is 0.331. The van der Waals surface area contributed by atoms with Crippen LogP contribution in [0.4, 0.5) is 11.4 Å². The normalized spacial score (nSPS) is 15.5. The van der Waals surface area contributed by atoms with E-state index in [0.717, 1.165) is 17.7 Å². The Balaban J connectivity index is 1.64. The molecule has 0 radical (unpaired) electrons. The summed E-state index contributed by atoms with van der Waals surface area (Å²) in [6.07, 6.45) is 9.56. The maximum Gasteiger partial charge on any atom is 0.248 e. The van der Waals surface area contributed by atoms with Crippen LogP contribution in [0, 0.1) is 5.92 Å². The van der Waals surface area contributed by atoms with Gasteiger partial charge in [-0.2, -0.15) is 0 Å². The second-order valence-electron chi connectivity index (χ2n) is 9.09. The first-order valence-corrected chi connectivity index (χ1v) is 11.9. The highest BCUT2D eigenvalue weighted by Crippen LogP contribution is 2.24. The summed E-state index contributed by atoms with van der Waals surface area (Å²) in [4.78, 5) is 25.1. The van der Waals surface area contributed by atoms with Gasteiger partial charge in [-0.15, -0.1) is 0 Å². The number of benzene rings is 2. The lowest BCUT2D eigenvalue weighted by Crippen LogP contribution is -2.42. The number of para-hydroxylation sites is 2. The monoisotopic (exact) mass is 448 g/mol. The van der Waals surface area contributed by atoms with E-state index in [1.807, 2.05) is 50.2 Å². The summed E-state index contributed by atoms with van der Waals surface area (Å²) in [6, 6.07) is 14.6. The minimum atomic E-state index is -0.392. The van der Waals surface area contributed by atoms with Crippen molar-refractivity contribution in [1.82, 2.24) is 10.6 Å². The molecule has 1 unspecified atom stereocenters. The molecule has 0 bridgehead atoms. The second-order valence-corrected chi connectivity index (χ2v) is 9.09. The van der Waals surface area contributed by atoms with Gasteiger partial charge in [0.2, 0.25) is 11.8 Å².